The number of ether oxygens (including phenoxy) is 2. The van der Waals surface area contributed by atoms with Crippen LogP contribution in [0.3, 0.4) is 0 Å². The van der Waals surface area contributed by atoms with E-state index in [4.69, 9.17) is 21.1 Å². The zero-order valence-corrected chi connectivity index (χ0v) is 11.6. The summed E-state index contributed by atoms with van der Waals surface area (Å²) < 4.78 is 11.2. The van der Waals surface area contributed by atoms with Gasteiger partial charge in [0.25, 0.3) is 0 Å². The summed E-state index contributed by atoms with van der Waals surface area (Å²) in [6.07, 6.45) is 0.915. The van der Waals surface area contributed by atoms with Gasteiger partial charge in [0.2, 0.25) is 0 Å². The molecule has 0 radical (unpaired) electrons. The monoisotopic (exact) mass is 268 g/mol. The van der Waals surface area contributed by atoms with E-state index in [0.29, 0.717) is 29.2 Å². The Morgan fingerprint density at radius 2 is 2.22 bits per heavy atom. The van der Waals surface area contributed by atoms with Crippen molar-refractivity contribution in [2.24, 2.45) is 0 Å². The third-order valence-electron chi connectivity index (χ3n) is 3.22. The van der Waals surface area contributed by atoms with Crippen molar-refractivity contribution in [1.82, 2.24) is 0 Å². The lowest BCUT2D eigenvalue weighted by Crippen LogP contribution is -2.35. The molecule has 1 aliphatic rings. The summed E-state index contributed by atoms with van der Waals surface area (Å²) in [5.74, 6) is 0.697. The number of ketones is 1. The van der Waals surface area contributed by atoms with E-state index in [0.717, 1.165) is 0 Å². The molecule has 0 bridgehead atoms. The highest BCUT2D eigenvalue weighted by Gasteiger charge is 2.31. The van der Waals surface area contributed by atoms with Gasteiger partial charge in [0.15, 0.2) is 5.78 Å². The van der Waals surface area contributed by atoms with E-state index in [1.54, 1.807) is 25.3 Å². The van der Waals surface area contributed by atoms with Crippen molar-refractivity contribution in [3.8, 4) is 5.75 Å². The number of Topliss-reactive ketones (excluding diaryl/α,β-unsaturated/α-hetero) is 1. The molecule has 1 aliphatic heterocycles. The molecular formula is C14H17ClO3. The van der Waals surface area contributed by atoms with Crippen molar-refractivity contribution in [2.75, 3.05) is 7.11 Å². The first-order valence-electron chi connectivity index (χ1n) is 5.96. The molecule has 3 nitrogen and oxygen atoms in total. The van der Waals surface area contributed by atoms with Gasteiger partial charge in [-0.2, -0.15) is 0 Å². The Balaban J connectivity index is 2.18. The van der Waals surface area contributed by atoms with Gasteiger partial charge in [-0.25, -0.2) is 0 Å². The Kier molecular flexibility index (Phi) is 3.64. The fraction of sp³-hybridized carbons (Fsp3) is 0.500. The van der Waals surface area contributed by atoms with Crippen LogP contribution in [0.2, 0.25) is 5.02 Å². The maximum Gasteiger partial charge on any atom is 0.170 e. The van der Waals surface area contributed by atoms with Gasteiger partial charge in [-0.15, -0.1) is 0 Å². The van der Waals surface area contributed by atoms with Crippen LogP contribution in [-0.2, 0) is 4.74 Å². The second-order valence-corrected chi connectivity index (χ2v) is 5.61. The van der Waals surface area contributed by atoms with Crippen molar-refractivity contribution in [1.29, 1.82) is 0 Å². The van der Waals surface area contributed by atoms with Gasteiger partial charge in [-0.05, 0) is 32.0 Å². The molecule has 0 saturated heterocycles. The molecule has 0 amide bonds. The molecule has 1 heterocycles. The van der Waals surface area contributed by atoms with Gasteiger partial charge in [0, 0.05) is 25.0 Å². The van der Waals surface area contributed by atoms with Crippen LogP contribution >= 0.6 is 11.6 Å². The van der Waals surface area contributed by atoms with Gasteiger partial charge in [0.1, 0.15) is 11.9 Å². The quantitative estimate of drug-likeness (QED) is 0.842. The molecule has 18 heavy (non-hydrogen) atoms. The average Bonchev–Trinajstić information content (AvgIpc) is 2.30. The second kappa shape index (κ2) is 4.90. The number of halogens is 1. The fourth-order valence-corrected chi connectivity index (χ4v) is 2.28. The second-order valence-electron chi connectivity index (χ2n) is 5.18. The first-order chi connectivity index (χ1) is 8.41. The molecule has 0 fully saturated rings. The van der Waals surface area contributed by atoms with Gasteiger partial charge >= 0.3 is 0 Å². The van der Waals surface area contributed by atoms with Crippen LogP contribution in [0.15, 0.2) is 18.2 Å². The molecule has 98 valence electrons. The van der Waals surface area contributed by atoms with Crippen molar-refractivity contribution in [3.05, 3.63) is 28.8 Å². The minimum Gasteiger partial charge on any atom is -0.489 e. The molecule has 0 spiro atoms. The molecular weight excluding hydrogens is 252 g/mol. The fourth-order valence-electron chi connectivity index (χ4n) is 2.11. The van der Waals surface area contributed by atoms with Gasteiger partial charge in [0.05, 0.1) is 11.2 Å². The first kappa shape index (κ1) is 13.4. The molecule has 1 aromatic rings. The predicted octanol–water partition coefficient (Wildman–Crippen LogP) is 3.49. The van der Waals surface area contributed by atoms with Crippen LogP contribution < -0.4 is 4.74 Å². The lowest BCUT2D eigenvalue weighted by Gasteiger charge is -2.31. The van der Waals surface area contributed by atoms with Crippen LogP contribution in [0, 0.1) is 0 Å². The van der Waals surface area contributed by atoms with Crippen molar-refractivity contribution in [3.63, 3.8) is 0 Å². The lowest BCUT2D eigenvalue weighted by molar-refractivity contribution is -0.0157. The van der Waals surface area contributed by atoms with Crippen LogP contribution in [-0.4, -0.2) is 24.6 Å². The third kappa shape index (κ3) is 2.85. The molecule has 0 aliphatic carbocycles. The number of benzene rings is 1. The highest BCUT2D eigenvalue weighted by Crippen LogP contribution is 2.32. The summed E-state index contributed by atoms with van der Waals surface area (Å²) >= 11 is 5.88. The van der Waals surface area contributed by atoms with E-state index in [-0.39, 0.29) is 17.5 Å². The zero-order chi connectivity index (χ0) is 13.3. The molecule has 0 N–H and O–H groups in total. The number of carbonyl (C=O) groups excluding carboxylic acids is 1. The van der Waals surface area contributed by atoms with Crippen molar-refractivity contribution < 1.29 is 14.3 Å². The van der Waals surface area contributed by atoms with Crippen molar-refractivity contribution in [2.45, 2.75) is 38.4 Å². The average molecular weight is 269 g/mol. The Morgan fingerprint density at radius 1 is 1.50 bits per heavy atom. The minimum absolute atomic E-state index is 0.0793. The zero-order valence-electron chi connectivity index (χ0n) is 10.8. The predicted molar refractivity (Wildman–Crippen MR) is 70.5 cm³/mol. The molecule has 1 atom stereocenters. The number of methoxy groups -OCH3 is 1. The van der Waals surface area contributed by atoms with Crippen LogP contribution in [0.1, 0.15) is 37.0 Å². The van der Waals surface area contributed by atoms with Crippen LogP contribution in [0.4, 0.5) is 0 Å². The normalized spacial score (nSPS) is 19.3. The Morgan fingerprint density at radius 3 is 2.89 bits per heavy atom. The van der Waals surface area contributed by atoms with Gasteiger partial charge in [-0.1, -0.05) is 11.6 Å². The molecule has 2 rings (SSSR count). The summed E-state index contributed by atoms with van der Waals surface area (Å²) in [6, 6.07) is 5.15. The molecule has 1 aromatic carbocycles. The summed E-state index contributed by atoms with van der Waals surface area (Å²) in [7, 11) is 1.67. The van der Waals surface area contributed by atoms with Gasteiger partial charge in [-0.3, -0.25) is 4.79 Å². The summed E-state index contributed by atoms with van der Waals surface area (Å²) in [4.78, 5) is 12.0. The SMILES string of the molecule is COC(C)(C)CC1CC(=O)c2cc(Cl)ccc2O1. The standard InChI is InChI=1S/C14H17ClO3/c1-14(2,17-3)8-10-7-12(16)11-6-9(15)4-5-13(11)18-10/h4-6,10H,7-8H2,1-3H3. The number of carbonyl (C=O) groups is 1. The highest BCUT2D eigenvalue weighted by atomic mass is 35.5. The van der Waals surface area contributed by atoms with Gasteiger partial charge < -0.3 is 9.47 Å². The third-order valence-corrected chi connectivity index (χ3v) is 3.46. The van der Waals surface area contributed by atoms with E-state index in [1.165, 1.54) is 0 Å². The molecule has 0 aromatic heterocycles. The van der Waals surface area contributed by atoms with Crippen LogP contribution in [0.25, 0.3) is 0 Å². The summed E-state index contributed by atoms with van der Waals surface area (Å²) in [5, 5.41) is 0.557. The summed E-state index contributed by atoms with van der Waals surface area (Å²) in [6.45, 7) is 3.97. The topological polar surface area (TPSA) is 35.5 Å². The maximum atomic E-state index is 12.0. The van der Waals surface area contributed by atoms with E-state index in [9.17, 15) is 4.79 Å². The lowest BCUT2D eigenvalue weighted by atomic mass is 9.93. The number of hydrogen-bond acceptors (Lipinski definition) is 3. The Bertz CT molecular complexity index is 468. The van der Waals surface area contributed by atoms with E-state index < -0.39 is 0 Å². The minimum atomic E-state index is -0.297. The number of hydrogen-bond donors (Lipinski definition) is 0. The number of fused-ring (bicyclic) bond motifs is 1. The maximum absolute atomic E-state index is 12.0. The Hall–Kier alpha value is -1.06. The molecule has 0 saturated carbocycles. The van der Waals surface area contributed by atoms with Crippen LogP contribution in [0.5, 0.6) is 5.75 Å². The molecule has 4 heteroatoms. The first-order valence-corrected chi connectivity index (χ1v) is 6.33. The van der Waals surface area contributed by atoms with E-state index >= 15 is 0 Å². The largest absolute Gasteiger partial charge is 0.489 e. The van der Waals surface area contributed by atoms with E-state index in [1.807, 2.05) is 13.8 Å². The van der Waals surface area contributed by atoms with E-state index in [2.05, 4.69) is 0 Å². The van der Waals surface area contributed by atoms with Crippen molar-refractivity contribution >= 4 is 17.4 Å². The highest BCUT2D eigenvalue weighted by molar-refractivity contribution is 6.31. The molecule has 1 unspecified atom stereocenters. The number of rotatable bonds is 3. The Labute approximate surface area is 112 Å². The smallest absolute Gasteiger partial charge is 0.170 e. The summed E-state index contributed by atoms with van der Waals surface area (Å²) in [5.41, 5.74) is 0.281.